The zero-order valence-electron chi connectivity index (χ0n) is 13.9. The highest BCUT2D eigenvalue weighted by molar-refractivity contribution is 5.67. The molecule has 1 N–H and O–H groups in total. The fourth-order valence-electron chi connectivity index (χ4n) is 3.07. The SMILES string of the molecule is CC(=O)OCC12COC(C(n3cc(C)c(=O)[nH]c3=O)O1)C2OC(C)=O. The maximum Gasteiger partial charge on any atom is 0.330 e. The van der Waals surface area contributed by atoms with Crippen molar-refractivity contribution in [3.05, 3.63) is 32.6 Å². The number of carbonyl (C=O) groups is 2. The number of fused-ring (bicyclic) bond motifs is 2. The highest BCUT2D eigenvalue weighted by Gasteiger charge is 2.65. The van der Waals surface area contributed by atoms with Gasteiger partial charge in [0, 0.05) is 25.6 Å². The third-order valence-corrected chi connectivity index (χ3v) is 4.21. The summed E-state index contributed by atoms with van der Waals surface area (Å²) >= 11 is 0. The normalized spacial score (nSPS) is 30.3. The second-order valence-electron chi connectivity index (χ2n) is 6.14. The molecule has 0 aliphatic carbocycles. The third-order valence-electron chi connectivity index (χ3n) is 4.21. The van der Waals surface area contributed by atoms with E-state index in [1.165, 1.54) is 24.6 Å². The predicted molar refractivity (Wildman–Crippen MR) is 80.8 cm³/mol. The maximum absolute atomic E-state index is 12.1. The lowest BCUT2D eigenvalue weighted by Gasteiger charge is -2.30. The number of nitrogens with one attached hydrogen (secondary N) is 1. The molecule has 2 bridgehead atoms. The lowest BCUT2D eigenvalue weighted by Crippen LogP contribution is -2.47. The average Bonchev–Trinajstić information content (AvgIpc) is 3.00. The molecule has 4 atom stereocenters. The minimum absolute atomic E-state index is 0.0382. The van der Waals surface area contributed by atoms with Crippen LogP contribution < -0.4 is 11.2 Å². The maximum atomic E-state index is 12.1. The van der Waals surface area contributed by atoms with Crippen LogP contribution in [0.5, 0.6) is 0 Å². The Balaban J connectivity index is 1.98. The fourth-order valence-corrected chi connectivity index (χ4v) is 3.07. The van der Waals surface area contributed by atoms with Gasteiger partial charge in [0.15, 0.2) is 17.9 Å². The van der Waals surface area contributed by atoms with Crippen LogP contribution in [0.4, 0.5) is 0 Å². The topological polar surface area (TPSA) is 126 Å². The first kappa shape index (κ1) is 17.4. The van der Waals surface area contributed by atoms with Gasteiger partial charge in [-0.15, -0.1) is 0 Å². The Morgan fingerprint density at radius 3 is 2.72 bits per heavy atom. The molecule has 2 saturated heterocycles. The molecule has 136 valence electrons. The highest BCUT2D eigenvalue weighted by Crippen LogP contribution is 2.46. The number of nitrogens with zero attached hydrogens (tertiary/aromatic N) is 1. The molecule has 4 unspecified atom stereocenters. The van der Waals surface area contributed by atoms with Crippen molar-refractivity contribution in [3.8, 4) is 0 Å². The van der Waals surface area contributed by atoms with E-state index < -0.39 is 47.2 Å². The van der Waals surface area contributed by atoms with Crippen molar-refractivity contribution in [2.24, 2.45) is 0 Å². The predicted octanol–water partition coefficient (Wildman–Crippen LogP) is -0.994. The van der Waals surface area contributed by atoms with Gasteiger partial charge in [-0.05, 0) is 6.92 Å². The Kier molecular flexibility index (Phi) is 4.25. The van der Waals surface area contributed by atoms with E-state index in [1.54, 1.807) is 6.92 Å². The fraction of sp³-hybridized carbons (Fsp3) is 0.600. The highest BCUT2D eigenvalue weighted by atomic mass is 16.7. The monoisotopic (exact) mass is 354 g/mol. The molecular weight excluding hydrogens is 336 g/mol. The van der Waals surface area contributed by atoms with Gasteiger partial charge in [0.25, 0.3) is 5.56 Å². The van der Waals surface area contributed by atoms with E-state index in [0.717, 1.165) is 0 Å². The summed E-state index contributed by atoms with van der Waals surface area (Å²) in [6.45, 7) is 3.87. The van der Waals surface area contributed by atoms with Gasteiger partial charge in [-0.1, -0.05) is 0 Å². The molecule has 2 fully saturated rings. The van der Waals surface area contributed by atoms with Crippen LogP contribution in [-0.4, -0.2) is 52.5 Å². The van der Waals surface area contributed by atoms with Crippen molar-refractivity contribution in [2.45, 2.75) is 44.8 Å². The van der Waals surface area contributed by atoms with E-state index in [9.17, 15) is 19.2 Å². The van der Waals surface area contributed by atoms with E-state index >= 15 is 0 Å². The van der Waals surface area contributed by atoms with Crippen LogP contribution in [0.1, 0.15) is 25.6 Å². The number of carbonyl (C=O) groups excluding carboxylic acids is 2. The molecule has 25 heavy (non-hydrogen) atoms. The Labute approximate surface area is 141 Å². The van der Waals surface area contributed by atoms with Crippen LogP contribution in [-0.2, 0) is 28.5 Å². The molecule has 0 saturated carbocycles. The molecule has 3 rings (SSSR count). The quantitative estimate of drug-likeness (QED) is 0.683. The summed E-state index contributed by atoms with van der Waals surface area (Å²) in [4.78, 5) is 48.5. The van der Waals surface area contributed by atoms with Crippen molar-refractivity contribution in [1.82, 2.24) is 9.55 Å². The summed E-state index contributed by atoms with van der Waals surface area (Å²) in [5, 5.41) is 0. The summed E-state index contributed by atoms with van der Waals surface area (Å²) < 4.78 is 23.1. The van der Waals surface area contributed by atoms with Crippen molar-refractivity contribution < 1.29 is 28.5 Å². The number of aromatic nitrogens is 2. The van der Waals surface area contributed by atoms with Crippen LogP contribution in [0.2, 0.25) is 0 Å². The molecule has 0 spiro atoms. The second-order valence-corrected chi connectivity index (χ2v) is 6.14. The molecule has 0 radical (unpaired) electrons. The van der Waals surface area contributed by atoms with E-state index in [-0.39, 0.29) is 13.2 Å². The van der Waals surface area contributed by atoms with Gasteiger partial charge in [0.05, 0.1) is 6.61 Å². The van der Waals surface area contributed by atoms with Gasteiger partial charge < -0.3 is 18.9 Å². The summed E-state index contributed by atoms with van der Waals surface area (Å²) in [6.07, 6.45) is -1.21. The molecular formula is C15H18N2O8. The largest absolute Gasteiger partial charge is 0.463 e. The zero-order valence-corrected chi connectivity index (χ0v) is 13.9. The lowest BCUT2D eigenvalue weighted by molar-refractivity contribution is -0.198. The molecule has 10 heteroatoms. The Morgan fingerprint density at radius 1 is 1.36 bits per heavy atom. The molecule has 0 aromatic carbocycles. The molecule has 2 aliphatic heterocycles. The Bertz CT molecular complexity index is 828. The van der Waals surface area contributed by atoms with Gasteiger partial charge in [-0.2, -0.15) is 0 Å². The Hall–Kier alpha value is -2.46. The number of H-pyrrole nitrogens is 1. The number of aromatic amines is 1. The van der Waals surface area contributed by atoms with Crippen molar-refractivity contribution in [3.63, 3.8) is 0 Å². The molecule has 0 amide bonds. The number of rotatable bonds is 4. The smallest absolute Gasteiger partial charge is 0.330 e. The van der Waals surface area contributed by atoms with Gasteiger partial charge >= 0.3 is 17.6 Å². The summed E-state index contributed by atoms with van der Waals surface area (Å²) in [5.74, 6) is -1.08. The first-order valence-corrected chi connectivity index (χ1v) is 7.65. The standard InChI is InChI=1S/C15H18N2O8/c1-7-4-17(14(21)16-12(7)20)13-10-11(24-9(3)19)15(25-13,6-23-10)5-22-8(2)18/h4,10-11,13H,5-6H2,1-3H3,(H,16,20,21). The minimum atomic E-state index is -1.21. The number of aryl methyl sites for hydroxylation is 1. The number of hydrogen-bond donors (Lipinski definition) is 1. The molecule has 1 aromatic rings. The van der Waals surface area contributed by atoms with Crippen LogP contribution in [0.3, 0.4) is 0 Å². The van der Waals surface area contributed by atoms with Crippen molar-refractivity contribution in [1.29, 1.82) is 0 Å². The average molecular weight is 354 g/mol. The second kappa shape index (κ2) is 6.12. The zero-order chi connectivity index (χ0) is 18.4. The number of ether oxygens (including phenoxy) is 4. The summed E-state index contributed by atoms with van der Waals surface area (Å²) in [7, 11) is 0. The van der Waals surface area contributed by atoms with Crippen molar-refractivity contribution >= 4 is 11.9 Å². The van der Waals surface area contributed by atoms with Gasteiger partial charge in [0.2, 0.25) is 0 Å². The molecule has 2 aliphatic rings. The minimum Gasteiger partial charge on any atom is -0.463 e. The van der Waals surface area contributed by atoms with Crippen LogP contribution in [0, 0.1) is 6.92 Å². The van der Waals surface area contributed by atoms with Crippen LogP contribution >= 0.6 is 0 Å². The van der Waals surface area contributed by atoms with Crippen LogP contribution in [0.15, 0.2) is 15.8 Å². The lowest BCUT2D eigenvalue weighted by atomic mass is 10.00. The molecule has 3 heterocycles. The van der Waals surface area contributed by atoms with Crippen LogP contribution in [0.25, 0.3) is 0 Å². The molecule has 10 nitrogen and oxygen atoms in total. The van der Waals surface area contributed by atoms with E-state index in [1.807, 2.05) is 0 Å². The first-order valence-electron chi connectivity index (χ1n) is 7.65. The van der Waals surface area contributed by atoms with E-state index in [4.69, 9.17) is 18.9 Å². The summed E-state index contributed by atoms with van der Waals surface area (Å²) in [5.41, 5.74) is -2.09. The number of hydrogen-bond acceptors (Lipinski definition) is 8. The number of esters is 2. The third kappa shape index (κ3) is 2.98. The first-order chi connectivity index (χ1) is 11.7. The summed E-state index contributed by atoms with van der Waals surface area (Å²) in [6, 6.07) is 0. The van der Waals surface area contributed by atoms with Gasteiger partial charge in [-0.25, -0.2) is 4.79 Å². The van der Waals surface area contributed by atoms with Gasteiger partial charge in [0.1, 0.15) is 12.7 Å². The molecule has 1 aromatic heterocycles. The van der Waals surface area contributed by atoms with E-state index in [0.29, 0.717) is 5.56 Å². The van der Waals surface area contributed by atoms with Gasteiger partial charge in [-0.3, -0.25) is 23.9 Å². The van der Waals surface area contributed by atoms with E-state index in [2.05, 4.69) is 4.98 Å². The Morgan fingerprint density at radius 2 is 2.08 bits per heavy atom. The van der Waals surface area contributed by atoms with Crippen molar-refractivity contribution in [2.75, 3.05) is 13.2 Å².